The van der Waals surface area contributed by atoms with Crippen molar-refractivity contribution in [3.05, 3.63) is 35.9 Å². The maximum Gasteiger partial charge on any atom is 0.0443 e. The molecule has 0 aliphatic heterocycles. The van der Waals surface area contributed by atoms with Crippen molar-refractivity contribution in [1.29, 1.82) is 0 Å². The summed E-state index contributed by atoms with van der Waals surface area (Å²) in [6.45, 7) is 12.5. The van der Waals surface area contributed by atoms with Crippen molar-refractivity contribution < 1.29 is 0 Å². The Morgan fingerprint density at radius 2 is 1.68 bits per heavy atom. The van der Waals surface area contributed by atoms with Crippen LogP contribution in [-0.2, 0) is 0 Å². The summed E-state index contributed by atoms with van der Waals surface area (Å²) in [7, 11) is 0. The van der Waals surface area contributed by atoms with Crippen LogP contribution < -0.4 is 5.32 Å². The molecule has 108 valence electrons. The van der Waals surface area contributed by atoms with Crippen LogP contribution in [0.2, 0.25) is 0 Å². The van der Waals surface area contributed by atoms with Crippen LogP contribution in [0.5, 0.6) is 0 Å². The zero-order valence-electron chi connectivity index (χ0n) is 13.0. The highest BCUT2D eigenvalue weighted by molar-refractivity contribution is 7.99. The van der Waals surface area contributed by atoms with Gasteiger partial charge in [-0.15, -0.1) is 0 Å². The summed E-state index contributed by atoms with van der Waals surface area (Å²) < 4.78 is 0. The van der Waals surface area contributed by atoms with Gasteiger partial charge in [-0.25, -0.2) is 0 Å². The molecule has 0 fully saturated rings. The van der Waals surface area contributed by atoms with Crippen LogP contribution in [0, 0.1) is 11.8 Å². The van der Waals surface area contributed by atoms with E-state index in [2.05, 4.69) is 82.0 Å². The molecule has 0 spiro atoms. The number of hydrogen-bond acceptors (Lipinski definition) is 2. The highest BCUT2D eigenvalue weighted by Crippen LogP contribution is 2.33. The van der Waals surface area contributed by atoms with Crippen molar-refractivity contribution in [2.45, 2.75) is 45.9 Å². The van der Waals surface area contributed by atoms with Gasteiger partial charge in [0.2, 0.25) is 0 Å². The molecule has 0 saturated heterocycles. The Kier molecular flexibility index (Phi) is 7.55. The predicted molar refractivity (Wildman–Crippen MR) is 88.8 cm³/mol. The van der Waals surface area contributed by atoms with Gasteiger partial charge >= 0.3 is 0 Å². The first-order chi connectivity index (χ1) is 9.06. The molecule has 2 atom stereocenters. The number of thioether (sulfide) groups is 1. The van der Waals surface area contributed by atoms with Gasteiger partial charge < -0.3 is 5.32 Å². The van der Waals surface area contributed by atoms with Gasteiger partial charge in [0.25, 0.3) is 0 Å². The molecule has 1 N–H and O–H groups in total. The quantitative estimate of drug-likeness (QED) is 0.737. The molecule has 0 radical (unpaired) electrons. The monoisotopic (exact) mass is 279 g/mol. The van der Waals surface area contributed by atoms with Crippen molar-refractivity contribution in [2.24, 2.45) is 11.8 Å². The Labute approximate surface area is 123 Å². The van der Waals surface area contributed by atoms with Gasteiger partial charge in [0.1, 0.15) is 0 Å². The van der Waals surface area contributed by atoms with Gasteiger partial charge in [0.05, 0.1) is 0 Å². The van der Waals surface area contributed by atoms with Gasteiger partial charge in [0.15, 0.2) is 0 Å². The van der Waals surface area contributed by atoms with Crippen LogP contribution in [0.1, 0.15) is 46.2 Å². The summed E-state index contributed by atoms with van der Waals surface area (Å²) >= 11 is 2.12. The zero-order chi connectivity index (χ0) is 14.3. The molecule has 1 aromatic rings. The van der Waals surface area contributed by atoms with Crippen molar-refractivity contribution >= 4 is 11.8 Å². The van der Waals surface area contributed by atoms with Gasteiger partial charge in [-0.3, -0.25) is 0 Å². The minimum atomic E-state index is 0.454. The third-order valence-corrected chi connectivity index (χ3v) is 5.25. The molecule has 1 rings (SSSR count). The van der Waals surface area contributed by atoms with E-state index in [-0.39, 0.29) is 0 Å². The largest absolute Gasteiger partial charge is 0.309 e. The molecule has 0 amide bonds. The second kappa shape index (κ2) is 8.65. The van der Waals surface area contributed by atoms with Gasteiger partial charge in [0, 0.05) is 11.3 Å². The first kappa shape index (κ1) is 16.6. The van der Waals surface area contributed by atoms with E-state index in [9.17, 15) is 0 Å². The summed E-state index contributed by atoms with van der Waals surface area (Å²) in [6, 6.07) is 11.3. The van der Waals surface area contributed by atoms with Gasteiger partial charge in [-0.1, -0.05) is 65.0 Å². The molecule has 19 heavy (non-hydrogen) atoms. The van der Waals surface area contributed by atoms with E-state index in [0.717, 1.165) is 12.5 Å². The second-order valence-corrected chi connectivity index (χ2v) is 7.09. The highest BCUT2D eigenvalue weighted by atomic mass is 32.2. The number of hydrogen-bond donors (Lipinski definition) is 1. The fourth-order valence-corrected chi connectivity index (χ4v) is 3.72. The average molecular weight is 279 g/mol. The topological polar surface area (TPSA) is 12.0 Å². The summed E-state index contributed by atoms with van der Waals surface area (Å²) in [5.74, 6) is 2.66. The third kappa shape index (κ3) is 5.58. The molecule has 1 aromatic carbocycles. The fourth-order valence-electron chi connectivity index (χ4n) is 2.28. The van der Waals surface area contributed by atoms with Crippen LogP contribution in [0.4, 0.5) is 0 Å². The lowest BCUT2D eigenvalue weighted by Gasteiger charge is -2.31. The standard InChI is InChI=1S/C17H29NS/c1-6-18-16(15-10-8-7-9-11-15)17(14(4)5)19-12-13(2)3/h7-11,13-14,16-18H,6,12H2,1-5H3. The molecule has 0 aliphatic carbocycles. The number of rotatable bonds is 8. The number of benzene rings is 1. The summed E-state index contributed by atoms with van der Waals surface area (Å²) in [5, 5.41) is 4.31. The van der Waals surface area contributed by atoms with E-state index in [4.69, 9.17) is 0 Å². The van der Waals surface area contributed by atoms with E-state index in [1.807, 2.05) is 0 Å². The molecule has 1 nitrogen and oxygen atoms in total. The van der Waals surface area contributed by atoms with Crippen molar-refractivity contribution in [1.82, 2.24) is 5.32 Å². The lowest BCUT2D eigenvalue weighted by atomic mass is 9.96. The molecular formula is C17H29NS. The van der Waals surface area contributed by atoms with E-state index in [0.29, 0.717) is 17.2 Å². The summed E-state index contributed by atoms with van der Waals surface area (Å²) in [4.78, 5) is 0. The van der Waals surface area contributed by atoms with Gasteiger partial charge in [-0.2, -0.15) is 11.8 Å². The van der Waals surface area contributed by atoms with Crippen molar-refractivity contribution in [2.75, 3.05) is 12.3 Å². The fraction of sp³-hybridized carbons (Fsp3) is 0.647. The predicted octanol–water partition coefficient (Wildman–Crippen LogP) is 4.75. The van der Waals surface area contributed by atoms with Crippen LogP contribution in [0.25, 0.3) is 0 Å². The molecule has 0 heterocycles. The molecule has 0 bridgehead atoms. The maximum atomic E-state index is 3.68. The Balaban J connectivity index is 2.86. The maximum absolute atomic E-state index is 3.68. The Hall–Kier alpha value is -0.470. The highest BCUT2D eigenvalue weighted by Gasteiger charge is 2.25. The van der Waals surface area contributed by atoms with Crippen molar-refractivity contribution in [3.8, 4) is 0 Å². The molecular weight excluding hydrogens is 250 g/mol. The minimum Gasteiger partial charge on any atom is -0.309 e. The first-order valence-corrected chi connectivity index (χ1v) is 8.51. The number of nitrogens with one attached hydrogen (secondary N) is 1. The molecule has 0 saturated carbocycles. The molecule has 2 unspecified atom stereocenters. The van der Waals surface area contributed by atoms with Gasteiger partial charge in [-0.05, 0) is 29.7 Å². The Morgan fingerprint density at radius 3 is 2.16 bits per heavy atom. The smallest absolute Gasteiger partial charge is 0.0443 e. The first-order valence-electron chi connectivity index (χ1n) is 7.46. The van der Waals surface area contributed by atoms with Crippen molar-refractivity contribution in [3.63, 3.8) is 0 Å². The van der Waals surface area contributed by atoms with E-state index >= 15 is 0 Å². The molecule has 2 heteroatoms. The second-order valence-electron chi connectivity index (χ2n) is 5.88. The summed E-state index contributed by atoms with van der Waals surface area (Å²) in [6.07, 6.45) is 0. The van der Waals surface area contributed by atoms with E-state index < -0.39 is 0 Å². The lowest BCUT2D eigenvalue weighted by Crippen LogP contribution is -2.33. The molecule has 0 aromatic heterocycles. The van der Waals surface area contributed by atoms with Crippen LogP contribution in [0.3, 0.4) is 0 Å². The zero-order valence-corrected chi connectivity index (χ0v) is 13.8. The van der Waals surface area contributed by atoms with Crippen LogP contribution >= 0.6 is 11.8 Å². The molecule has 0 aliphatic rings. The van der Waals surface area contributed by atoms with E-state index in [1.54, 1.807) is 0 Å². The van der Waals surface area contributed by atoms with Crippen LogP contribution in [-0.4, -0.2) is 17.5 Å². The SMILES string of the molecule is CCNC(c1ccccc1)C(SCC(C)C)C(C)C. The van der Waals surface area contributed by atoms with E-state index in [1.165, 1.54) is 11.3 Å². The average Bonchev–Trinajstić information content (AvgIpc) is 2.38. The lowest BCUT2D eigenvalue weighted by molar-refractivity contribution is 0.452. The Morgan fingerprint density at radius 1 is 1.05 bits per heavy atom. The Bertz CT molecular complexity index is 334. The normalized spacial score (nSPS) is 14.9. The third-order valence-electron chi connectivity index (χ3n) is 3.19. The minimum absolute atomic E-state index is 0.454. The summed E-state index contributed by atoms with van der Waals surface area (Å²) in [5.41, 5.74) is 1.42. The van der Waals surface area contributed by atoms with Crippen LogP contribution in [0.15, 0.2) is 30.3 Å².